The number of hydrogen-bond acceptors (Lipinski definition) is 4. The Labute approximate surface area is 189 Å². The van der Waals surface area contributed by atoms with Crippen molar-refractivity contribution in [2.45, 2.75) is 18.8 Å². The van der Waals surface area contributed by atoms with Crippen LogP contribution in [-0.2, 0) is 0 Å². The minimum atomic E-state index is -0.0325. The number of nitrogens with one attached hydrogen (secondary N) is 1. The predicted octanol–water partition coefficient (Wildman–Crippen LogP) is 3.18. The Kier molecular flexibility index (Phi) is 6.83. The summed E-state index contributed by atoms with van der Waals surface area (Å²) in [6, 6.07) is 15.9. The molecular weight excluding hydrogens is 404 g/mol. The topological polar surface area (TPSA) is 65.1 Å². The minimum Gasteiger partial charge on any atom is -0.495 e. The van der Waals surface area contributed by atoms with Crippen molar-refractivity contribution >= 4 is 17.6 Å². The summed E-state index contributed by atoms with van der Waals surface area (Å²) >= 11 is 0. The number of piperazine rings is 1. The smallest absolute Gasteiger partial charge is 0.317 e. The third-order valence-electron chi connectivity index (χ3n) is 6.52. The second-order valence-corrected chi connectivity index (χ2v) is 8.42. The number of carbonyl (C=O) groups is 2. The van der Waals surface area contributed by atoms with Gasteiger partial charge in [0.15, 0.2) is 0 Å². The highest BCUT2D eigenvalue weighted by atomic mass is 16.5. The number of urea groups is 1. The largest absolute Gasteiger partial charge is 0.495 e. The Morgan fingerprint density at radius 1 is 0.969 bits per heavy atom. The molecule has 0 bridgehead atoms. The van der Waals surface area contributed by atoms with Gasteiger partial charge in [0.05, 0.1) is 12.8 Å². The molecule has 0 saturated carbocycles. The van der Waals surface area contributed by atoms with Gasteiger partial charge in [-0.05, 0) is 42.7 Å². The normalized spacial score (nSPS) is 18.9. The zero-order chi connectivity index (χ0) is 22.5. The van der Waals surface area contributed by atoms with E-state index in [4.69, 9.17) is 4.74 Å². The van der Waals surface area contributed by atoms with Crippen molar-refractivity contribution in [3.05, 3.63) is 59.7 Å². The zero-order valence-electron chi connectivity index (χ0n) is 18.9. The van der Waals surface area contributed by atoms with E-state index in [0.29, 0.717) is 19.6 Å². The van der Waals surface area contributed by atoms with E-state index in [-0.39, 0.29) is 17.9 Å². The molecule has 2 aromatic rings. The molecular formula is C25H32N4O3. The van der Waals surface area contributed by atoms with Gasteiger partial charge in [0.1, 0.15) is 5.75 Å². The van der Waals surface area contributed by atoms with Crippen LogP contribution < -0.4 is 15.0 Å². The van der Waals surface area contributed by atoms with Gasteiger partial charge in [0.25, 0.3) is 5.91 Å². The van der Waals surface area contributed by atoms with Crippen LogP contribution in [0.25, 0.3) is 0 Å². The number of methoxy groups -OCH3 is 1. The molecule has 2 aromatic carbocycles. The van der Waals surface area contributed by atoms with Crippen molar-refractivity contribution in [3.63, 3.8) is 0 Å². The Bertz CT molecular complexity index is 956. The molecule has 0 aromatic heterocycles. The van der Waals surface area contributed by atoms with E-state index < -0.39 is 0 Å². The number of nitrogens with zero attached hydrogens (tertiary/aromatic N) is 3. The molecule has 7 nitrogen and oxygen atoms in total. The molecule has 3 amide bonds. The Hall–Kier alpha value is -3.22. The number of piperidine rings is 1. The molecule has 4 rings (SSSR count). The fourth-order valence-electron chi connectivity index (χ4n) is 4.74. The summed E-state index contributed by atoms with van der Waals surface area (Å²) in [6.45, 7) is 4.37. The number of benzene rings is 2. The number of hydrogen-bond donors (Lipinski definition) is 1. The average molecular weight is 437 g/mol. The highest BCUT2D eigenvalue weighted by Gasteiger charge is 2.27. The zero-order valence-corrected chi connectivity index (χ0v) is 18.9. The molecule has 0 aliphatic carbocycles. The van der Waals surface area contributed by atoms with E-state index in [1.165, 1.54) is 0 Å². The lowest BCUT2D eigenvalue weighted by Gasteiger charge is -2.37. The van der Waals surface area contributed by atoms with Crippen LogP contribution in [0.2, 0.25) is 0 Å². The number of para-hydroxylation sites is 2. The summed E-state index contributed by atoms with van der Waals surface area (Å²) in [5.74, 6) is 1.19. The number of likely N-dealkylation sites (tertiary alicyclic amines) is 1. The molecule has 1 N–H and O–H groups in total. The van der Waals surface area contributed by atoms with E-state index in [1.54, 1.807) is 14.2 Å². The fourth-order valence-corrected chi connectivity index (χ4v) is 4.74. The maximum atomic E-state index is 13.2. The quantitative estimate of drug-likeness (QED) is 0.800. The van der Waals surface area contributed by atoms with E-state index >= 15 is 0 Å². The average Bonchev–Trinajstić information content (AvgIpc) is 2.88. The molecule has 2 saturated heterocycles. The Morgan fingerprint density at radius 2 is 1.75 bits per heavy atom. The van der Waals surface area contributed by atoms with Gasteiger partial charge in [0.2, 0.25) is 0 Å². The molecule has 0 spiro atoms. The van der Waals surface area contributed by atoms with Gasteiger partial charge in [0, 0.05) is 57.8 Å². The highest BCUT2D eigenvalue weighted by molar-refractivity contribution is 5.94. The second kappa shape index (κ2) is 9.94. The van der Waals surface area contributed by atoms with Crippen LogP contribution in [0.5, 0.6) is 5.75 Å². The van der Waals surface area contributed by atoms with Gasteiger partial charge in [-0.25, -0.2) is 4.79 Å². The van der Waals surface area contributed by atoms with Crippen LogP contribution >= 0.6 is 0 Å². The SMILES string of the molecule is CNC(=O)N1CCC[C@@H](c2cccc(C(=O)N3CCN(c4ccccc4OC)CC3)c2)C1. The number of anilines is 1. The predicted molar refractivity (Wildman–Crippen MR) is 126 cm³/mol. The first-order valence-corrected chi connectivity index (χ1v) is 11.3. The van der Waals surface area contributed by atoms with Crippen molar-refractivity contribution in [1.82, 2.24) is 15.1 Å². The van der Waals surface area contributed by atoms with Crippen molar-refractivity contribution < 1.29 is 14.3 Å². The number of ether oxygens (including phenoxy) is 1. The van der Waals surface area contributed by atoms with E-state index in [2.05, 4.69) is 22.3 Å². The summed E-state index contributed by atoms with van der Waals surface area (Å²) in [4.78, 5) is 31.3. The standard InChI is InChI=1S/C25H32N4O3/c1-26-25(31)29-12-6-9-21(18-29)19-7-5-8-20(17-19)24(30)28-15-13-27(14-16-28)22-10-3-4-11-23(22)32-2/h3-5,7-8,10-11,17,21H,6,9,12-16,18H2,1-2H3,(H,26,31)/t21-/m1/s1. The van der Waals surface area contributed by atoms with Crippen molar-refractivity contribution in [2.75, 3.05) is 58.3 Å². The maximum absolute atomic E-state index is 13.2. The first-order chi connectivity index (χ1) is 15.6. The van der Waals surface area contributed by atoms with Gasteiger partial charge >= 0.3 is 6.03 Å². The van der Waals surface area contributed by atoms with E-state index in [1.807, 2.05) is 46.2 Å². The molecule has 1 atom stereocenters. The van der Waals surface area contributed by atoms with Crippen LogP contribution in [0.1, 0.15) is 34.7 Å². The summed E-state index contributed by atoms with van der Waals surface area (Å²) in [5, 5.41) is 2.72. The van der Waals surface area contributed by atoms with Crippen LogP contribution in [0.15, 0.2) is 48.5 Å². The number of amides is 3. The van der Waals surface area contributed by atoms with Crippen LogP contribution in [0, 0.1) is 0 Å². The lowest BCUT2D eigenvalue weighted by molar-refractivity contribution is 0.0746. The first-order valence-electron chi connectivity index (χ1n) is 11.3. The molecule has 32 heavy (non-hydrogen) atoms. The number of rotatable bonds is 4. The monoisotopic (exact) mass is 436 g/mol. The molecule has 2 fully saturated rings. The molecule has 170 valence electrons. The third-order valence-corrected chi connectivity index (χ3v) is 6.52. The Balaban J connectivity index is 1.41. The van der Waals surface area contributed by atoms with Crippen LogP contribution in [0.3, 0.4) is 0 Å². The summed E-state index contributed by atoms with van der Waals surface area (Å²) in [7, 11) is 3.35. The summed E-state index contributed by atoms with van der Waals surface area (Å²) < 4.78 is 5.49. The molecule has 2 heterocycles. The molecule has 2 aliphatic heterocycles. The second-order valence-electron chi connectivity index (χ2n) is 8.42. The van der Waals surface area contributed by atoms with Gasteiger partial charge in [-0.3, -0.25) is 4.79 Å². The third kappa shape index (κ3) is 4.66. The lowest BCUT2D eigenvalue weighted by Crippen LogP contribution is -2.49. The Morgan fingerprint density at radius 3 is 2.50 bits per heavy atom. The summed E-state index contributed by atoms with van der Waals surface area (Å²) in [5.41, 5.74) is 2.93. The first kappa shape index (κ1) is 22.0. The van der Waals surface area contributed by atoms with Gasteiger partial charge in [-0.1, -0.05) is 24.3 Å². The van der Waals surface area contributed by atoms with Gasteiger partial charge in [-0.15, -0.1) is 0 Å². The highest BCUT2D eigenvalue weighted by Crippen LogP contribution is 2.30. The fraction of sp³-hybridized carbons (Fsp3) is 0.440. The number of carbonyl (C=O) groups excluding carboxylic acids is 2. The maximum Gasteiger partial charge on any atom is 0.317 e. The van der Waals surface area contributed by atoms with Gasteiger partial charge < -0.3 is 24.8 Å². The summed E-state index contributed by atoms with van der Waals surface area (Å²) in [6.07, 6.45) is 2.00. The molecule has 7 heteroatoms. The van der Waals surface area contributed by atoms with Crippen molar-refractivity contribution in [2.24, 2.45) is 0 Å². The van der Waals surface area contributed by atoms with Crippen molar-refractivity contribution in [3.8, 4) is 5.75 Å². The van der Waals surface area contributed by atoms with Crippen LogP contribution in [0.4, 0.5) is 10.5 Å². The minimum absolute atomic E-state index is 0.0325. The van der Waals surface area contributed by atoms with Crippen LogP contribution in [-0.4, -0.2) is 75.2 Å². The molecule has 0 radical (unpaired) electrons. The molecule has 0 unspecified atom stereocenters. The van der Waals surface area contributed by atoms with Crippen molar-refractivity contribution in [1.29, 1.82) is 0 Å². The lowest BCUT2D eigenvalue weighted by atomic mass is 9.89. The van der Waals surface area contributed by atoms with Gasteiger partial charge in [-0.2, -0.15) is 0 Å². The molecule has 2 aliphatic rings. The van der Waals surface area contributed by atoms with E-state index in [0.717, 1.165) is 55.0 Å². The van der Waals surface area contributed by atoms with E-state index in [9.17, 15) is 9.59 Å².